The van der Waals surface area contributed by atoms with E-state index < -0.39 is 10.0 Å². The number of halogens is 1. The van der Waals surface area contributed by atoms with Crippen LogP contribution in [-0.2, 0) is 10.0 Å². The lowest BCUT2D eigenvalue weighted by molar-refractivity contribution is 0.580. The van der Waals surface area contributed by atoms with Gasteiger partial charge >= 0.3 is 0 Å². The molecule has 0 aliphatic heterocycles. The van der Waals surface area contributed by atoms with Crippen molar-refractivity contribution in [2.45, 2.75) is 17.7 Å². The van der Waals surface area contributed by atoms with E-state index in [2.05, 4.69) is 26.6 Å². The van der Waals surface area contributed by atoms with E-state index in [1.54, 1.807) is 19.2 Å². The summed E-state index contributed by atoms with van der Waals surface area (Å²) in [5.74, 6) is 1.82. The zero-order valence-electron chi connectivity index (χ0n) is 14.0. The standard InChI is InChI=1S/C15H25ClN4O2S2/c1-17-15(18-8-3-4-11-23-2)19-9-10-20-24(21,22)14-7-5-6-13(16)12-14/h5-7,12,20H,3-4,8-11H2,1-2H3,(H2,17,18,19). The van der Waals surface area contributed by atoms with Gasteiger partial charge in [-0.25, -0.2) is 13.1 Å². The molecule has 0 bridgehead atoms. The van der Waals surface area contributed by atoms with E-state index in [9.17, 15) is 8.42 Å². The number of aliphatic imine (C=N–C) groups is 1. The summed E-state index contributed by atoms with van der Waals surface area (Å²) in [6.07, 6.45) is 4.33. The van der Waals surface area contributed by atoms with Crippen LogP contribution in [-0.4, -0.2) is 53.1 Å². The lowest BCUT2D eigenvalue weighted by Gasteiger charge is -2.12. The Morgan fingerprint density at radius 2 is 1.96 bits per heavy atom. The maximum Gasteiger partial charge on any atom is 0.240 e. The first-order chi connectivity index (χ1) is 11.5. The normalized spacial score (nSPS) is 12.2. The number of nitrogens with one attached hydrogen (secondary N) is 3. The van der Waals surface area contributed by atoms with Gasteiger partial charge in [0.05, 0.1) is 4.90 Å². The van der Waals surface area contributed by atoms with Crippen molar-refractivity contribution in [1.29, 1.82) is 0 Å². The summed E-state index contributed by atoms with van der Waals surface area (Å²) in [4.78, 5) is 4.26. The molecular weight excluding hydrogens is 368 g/mol. The van der Waals surface area contributed by atoms with Gasteiger partial charge < -0.3 is 10.6 Å². The molecule has 1 rings (SSSR count). The highest BCUT2D eigenvalue weighted by Crippen LogP contribution is 2.14. The first kappa shape index (κ1) is 21.1. The molecule has 136 valence electrons. The molecule has 0 spiro atoms. The van der Waals surface area contributed by atoms with Gasteiger partial charge in [-0.15, -0.1) is 0 Å². The summed E-state index contributed by atoms with van der Waals surface area (Å²) >= 11 is 7.66. The van der Waals surface area contributed by atoms with Gasteiger partial charge in [-0.05, 0) is 43.0 Å². The molecule has 0 radical (unpaired) electrons. The third-order valence-corrected chi connectivity index (χ3v) is 5.50. The average molecular weight is 393 g/mol. The minimum Gasteiger partial charge on any atom is -0.356 e. The number of thioether (sulfide) groups is 1. The van der Waals surface area contributed by atoms with Gasteiger partial charge in [-0.2, -0.15) is 11.8 Å². The van der Waals surface area contributed by atoms with Crippen LogP contribution in [0.2, 0.25) is 5.02 Å². The van der Waals surface area contributed by atoms with Crippen molar-refractivity contribution in [2.24, 2.45) is 4.99 Å². The predicted molar refractivity (Wildman–Crippen MR) is 104 cm³/mol. The second-order valence-corrected chi connectivity index (χ2v) is 8.17. The number of rotatable bonds is 10. The van der Waals surface area contributed by atoms with Crippen LogP contribution in [0.25, 0.3) is 0 Å². The summed E-state index contributed by atoms with van der Waals surface area (Å²) in [6.45, 7) is 1.53. The maximum absolute atomic E-state index is 12.1. The average Bonchev–Trinajstić information content (AvgIpc) is 2.56. The van der Waals surface area contributed by atoms with Gasteiger partial charge in [0.2, 0.25) is 10.0 Å². The van der Waals surface area contributed by atoms with E-state index in [4.69, 9.17) is 11.6 Å². The molecule has 1 aromatic carbocycles. The van der Waals surface area contributed by atoms with Gasteiger partial charge in [0.25, 0.3) is 0 Å². The highest BCUT2D eigenvalue weighted by molar-refractivity contribution is 7.98. The van der Waals surface area contributed by atoms with Gasteiger partial charge in [0, 0.05) is 31.7 Å². The number of hydrogen-bond donors (Lipinski definition) is 3. The van der Waals surface area contributed by atoms with Gasteiger partial charge in [-0.3, -0.25) is 4.99 Å². The summed E-state index contributed by atoms with van der Waals surface area (Å²) in [5, 5.41) is 6.67. The Kier molecular flexibility index (Phi) is 10.2. The number of unbranched alkanes of at least 4 members (excludes halogenated alkanes) is 1. The second kappa shape index (κ2) is 11.6. The van der Waals surface area contributed by atoms with Crippen molar-refractivity contribution in [1.82, 2.24) is 15.4 Å². The lowest BCUT2D eigenvalue weighted by Crippen LogP contribution is -2.41. The zero-order valence-corrected chi connectivity index (χ0v) is 16.4. The molecule has 1 aromatic rings. The molecule has 0 aromatic heterocycles. The van der Waals surface area contributed by atoms with Crippen LogP contribution in [0.1, 0.15) is 12.8 Å². The van der Waals surface area contributed by atoms with E-state index in [1.165, 1.54) is 12.1 Å². The Bertz CT molecular complexity index is 624. The maximum atomic E-state index is 12.1. The van der Waals surface area contributed by atoms with Crippen LogP contribution >= 0.6 is 23.4 Å². The summed E-state index contributed by atoms with van der Waals surface area (Å²) in [5.41, 5.74) is 0. The summed E-state index contributed by atoms with van der Waals surface area (Å²) in [7, 11) is -1.86. The van der Waals surface area contributed by atoms with Crippen LogP contribution in [0.5, 0.6) is 0 Å². The molecule has 0 saturated heterocycles. The molecule has 0 aliphatic carbocycles. The van der Waals surface area contributed by atoms with Gasteiger partial charge in [0.1, 0.15) is 0 Å². The number of sulfonamides is 1. The Balaban J connectivity index is 2.31. The molecular formula is C15H25ClN4O2S2. The number of hydrogen-bond acceptors (Lipinski definition) is 4. The number of guanidine groups is 1. The summed E-state index contributed by atoms with van der Waals surface area (Å²) in [6, 6.07) is 6.18. The minimum absolute atomic E-state index is 0.159. The molecule has 0 fully saturated rings. The number of nitrogens with zero attached hydrogens (tertiary/aromatic N) is 1. The molecule has 0 aliphatic rings. The van der Waals surface area contributed by atoms with Gasteiger partial charge in [-0.1, -0.05) is 17.7 Å². The first-order valence-electron chi connectivity index (χ1n) is 7.68. The smallest absolute Gasteiger partial charge is 0.240 e. The van der Waals surface area contributed by atoms with Crippen molar-refractivity contribution in [3.63, 3.8) is 0 Å². The third kappa shape index (κ3) is 8.23. The minimum atomic E-state index is -3.55. The van der Waals surface area contributed by atoms with E-state index in [0.29, 0.717) is 17.5 Å². The highest BCUT2D eigenvalue weighted by atomic mass is 35.5. The molecule has 0 amide bonds. The van der Waals surface area contributed by atoms with Gasteiger partial charge in [0.15, 0.2) is 5.96 Å². The molecule has 6 nitrogen and oxygen atoms in total. The van der Waals surface area contributed by atoms with Crippen molar-refractivity contribution < 1.29 is 8.42 Å². The van der Waals surface area contributed by atoms with E-state index in [1.807, 2.05) is 11.8 Å². The fourth-order valence-corrected chi connectivity index (χ4v) is 3.71. The van der Waals surface area contributed by atoms with E-state index >= 15 is 0 Å². The zero-order chi connectivity index (χ0) is 17.8. The first-order valence-corrected chi connectivity index (χ1v) is 10.9. The molecule has 0 saturated carbocycles. The molecule has 9 heteroatoms. The van der Waals surface area contributed by atoms with E-state index in [-0.39, 0.29) is 11.4 Å². The van der Waals surface area contributed by atoms with Crippen LogP contribution in [0.3, 0.4) is 0 Å². The van der Waals surface area contributed by atoms with E-state index in [0.717, 1.165) is 25.1 Å². The monoisotopic (exact) mass is 392 g/mol. The highest BCUT2D eigenvalue weighted by Gasteiger charge is 2.13. The quantitative estimate of drug-likeness (QED) is 0.322. The molecule has 0 unspecified atom stereocenters. The Labute approximate surface area is 153 Å². The SMILES string of the molecule is CN=C(NCCCCSC)NCCNS(=O)(=O)c1cccc(Cl)c1. The summed E-state index contributed by atoms with van der Waals surface area (Å²) < 4.78 is 26.8. The van der Waals surface area contributed by atoms with Crippen molar-refractivity contribution in [3.8, 4) is 0 Å². The number of benzene rings is 1. The van der Waals surface area contributed by atoms with Crippen LogP contribution in [0, 0.1) is 0 Å². The lowest BCUT2D eigenvalue weighted by atomic mass is 10.3. The Morgan fingerprint density at radius 1 is 1.21 bits per heavy atom. The molecule has 3 N–H and O–H groups in total. The van der Waals surface area contributed by atoms with Crippen LogP contribution in [0.4, 0.5) is 0 Å². The molecule has 24 heavy (non-hydrogen) atoms. The van der Waals surface area contributed by atoms with Crippen molar-refractivity contribution >= 4 is 39.3 Å². The third-order valence-electron chi connectivity index (χ3n) is 3.11. The second-order valence-electron chi connectivity index (χ2n) is 4.98. The topological polar surface area (TPSA) is 82.6 Å². The fraction of sp³-hybridized carbons (Fsp3) is 0.533. The fourth-order valence-electron chi connectivity index (χ4n) is 1.88. The molecule has 0 heterocycles. The van der Waals surface area contributed by atoms with Crippen molar-refractivity contribution in [3.05, 3.63) is 29.3 Å². The molecule has 0 atom stereocenters. The Morgan fingerprint density at radius 3 is 2.62 bits per heavy atom. The van der Waals surface area contributed by atoms with Crippen LogP contribution < -0.4 is 15.4 Å². The predicted octanol–water partition coefficient (Wildman–Crippen LogP) is 1.93. The van der Waals surface area contributed by atoms with Crippen LogP contribution in [0.15, 0.2) is 34.2 Å². The van der Waals surface area contributed by atoms with Crippen molar-refractivity contribution in [2.75, 3.05) is 38.7 Å². The largest absolute Gasteiger partial charge is 0.356 e. The Hall–Kier alpha value is -0.960.